The summed E-state index contributed by atoms with van der Waals surface area (Å²) in [5, 5.41) is 0. The number of hydrogen-bond donors (Lipinski definition) is 1. The summed E-state index contributed by atoms with van der Waals surface area (Å²) in [5.74, 6) is 0.505. The van der Waals surface area contributed by atoms with E-state index in [2.05, 4.69) is 19.6 Å². The Kier molecular flexibility index (Phi) is 7.06. The van der Waals surface area contributed by atoms with E-state index in [0.29, 0.717) is 10.6 Å². The molecule has 0 N–H and O–H groups in total. The van der Waals surface area contributed by atoms with E-state index < -0.39 is 10.0 Å². The van der Waals surface area contributed by atoms with Gasteiger partial charge in [-0.1, -0.05) is 31.9 Å². The van der Waals surface area contributed by atoms with Gasteiger partial charge >= 0.3 is 0 Å². The monoisotopic (exact) mass is 315 g/mol. The van der Waals surface area contributed by atoms with Crippen molar-refractivity contribution in [1.29, 1.82) is 0 Å². The Morgan fingerprint density at radius 2 is 1.80 bits per heavy atom. The van der Waals surface area contributed by atoms with Gasteiger partial charge in [0.1, 0.15) is 0 Å². The van der Waals surface area contributed by atoms with Gasteiger partial charge in [0, 0.05) is 18.8 Å². The number of nitrogens with zero attached hydrogens (tertiary/aromatic N) is 1. The van der Waals surface area contributed by atoms with Crippen molar-refractivity contribution in [1.82, 2.24) is 4.31 Å². The predicted molar refractivity (Wildman–Crippen MR) is 87.9 cm³/mol. The van der Waals surface area contributed by atoms with Crippen LogP contribution < -0.4 is 0 Å². The molecule has 1 aromatic rings. The third-order valence-corrected chi connectivity index (χ3v) is 6.07. The summed E-state index contributed by atoms with van der Waals surface area (Å²) in [6.07, 6.45) is 4.57. The third kappa shape index (κ3) is 4.50. The van der Waals surface area contributed by atoms with Crippen LogP contribution in [0.5, 0.6) is 0 Å². The van der Waals surface area contributed by atoms with Gasteiger partial charge in [-0.05, 0) is 37.5 Å². The molecule has 0 amide bonds. The highest BCUT2D eigenvalue weighted by Crippen LogP contribution is 2.18. The summed E-state index contributed by atoms with van der Waals surface area (Å²) in [7, 11) is -1.81. The average molecular weight is 316 g/mol. The molecular weight excluding hydrogens is 290 g/mol. The smallest absolute Gasteiger partial charge is 0.207 e. The van der Waals surface area contributed by atoms with Crippen LogP contribution in [0.3, 0.4) is 0 Å². The number of thiol groups is 1. The number of hydrogen-bond acceptors (Lipinski definition) is 3. The molecule has 0 heterocycles. The summed E-state index contributed by atoms with van der Waals surface area (Å²) in [6, 6.07) is 7.13. The van der Waals surface area contributed by atoms with Crippen LogP contribution in [-0.2, 0) is 16.4 Å². The van der Waals surface area contributed by atoms with E-state index in [1.165, 1.54) is 22.7 Å². The van der Waals surface area contributed by atoms with Gasteiger partial charge < -0.3 is 0 Å². The first-order valence-corrected chi connectivity index (χ1v) is 9.18. The van der Waals surface area contributed by atoms with Crippen LogP contribution in [0.4, 0.5) is 0 Å². The molecule has 0 radical (unpaired) electrons. The van der Waals surface area contributed by atoms with Crippen molar-refractivity contribution in [3.8, 4) is 0 Å². The first-order chi connectivity index (χ1) is 9.43. The fourth-order valence-electron chi connectivity index (χ4n) is 1.93. The van der Waals surface area contributed by atoms with E-state index in [1.807, 2.05) is 19.1 Å². The molecule has 0 aliphatic heterocycles. The average Bonchev–Trinajstić information content (AvgIpc) is 2.46. The van der Waals surface area contributed by atoms with Crippen LogP contribution >= 0.6 is 12.6 Å². The van der Waals surface area contributed by atoms with Crippen LogP contribution in [0.2, 0.25) is 0 Å². The summed E-state index contributed by atoms with van der Waals surface area (Å²) in [4.78, 5) is 0.355. The molecule has 1 atom stereocenters. The van der Waals surface area contributed by atoms with E-state index in [-0.39, 0.29) is 6.04 Å². The number of unbranched alkanes of at least 4 members (excludes halogenated alkanes) is 2. The lowest BCUT2D eigenvalue weighted by atomic mass is 10.1. The molecule has 0 spiro atoms. The summed E-state index contributed by atoms with van der Waals surface area (Å²) >= 11 is 4.16. The van der Waals surface area contributed by atoms with Crippen LogP contribution in [0.25, 0.3) is 0 Å². The normalized spacial score (nSPS) is 13.7. The van der Waals surface area contributed by atoms with Gasteiger partial charge in [0.05, 0.1) is 4.90 Å². The molecule has 0 aliphatic carbocycles. The number of aryl methyl sites for hydroxylation is 1. The molecule has 1 aromatic carbocycles. The van der Waals surface area contributed by atoms with Crippen molar-refractivity contribution >= 4 is 22.7 Å². The lowest BCUT2D eigenvalue weighted by Gasteiger charge is -2.22. The van der Waals surface area contributed by atoms with Crippen LogP contribution in [0.1, 0.15) is 38.7 Å². The second kappa shape index (κ2) is 8.05. The van der Waals surface area contributed by atoms with E-state index in [9.17, 15) is 8.42 Å². The Labute approximate surface area is 128 Å². The Bertz CT molecular complexity index is 497. The van der Waals surface area contributed by atoms with E-state index >= 15 is 0 Å². The molecule has 114 valence electrons. The standard InChI is InChI=1S/C15H25NO2S2/c1-4-5-6-7-14-8-10-15(11-9-14)20(17,18)16(3)13(2)12-19/h8-11,13,19H,4-7,12H2,1-3H3/t13-/m1/s1. The minimum atomic E-state index is -3.41. The first-order valence-electron chi connectivity index (χ1n) is 7.11. The van der Waals surface area contributed by atoms with Crippen molar-refractivity contribution < 1.29 is 8.42 Å². The minimum absolute atomic E-state index is 0.118. The van der Waals surface area contributed by atoms with Crippen LogP contribution in [0.15, 0.2) is 29.2 Å². The molecule has 0 aromatic heterocycles. The molecule has 0 bridgehead atoms. The number of benzene rings is 1. The zero-order valence-corrected chi connectivity index (χ0v) is 14.3. The molecule has 0 aliphatic rings. The highest BCUT2D eigenvalue weighted by Gasteiger charge is 2.24. The quantitative estimate of drug-likeness (QED) is 0.590. The maximum atomic E-state index is 12.4. The molecule has 1 rings (SSSR count). The van der Waals surface area contributed by atoms with Crippen molar-refractivity contribution in [3.63, 3.8) is 0 Å². The molecule has 0 unspecified atom stereocenters. The highest BCUT2D eigenvalue weighted by molar-refractivity contribution is 7.89. The summed E-state index contributed by atoms with van der Waals surface area (Å²) in [5.41, 5.74) is 1.20. The SMILES string of the molecule is CCCCCc1ccc(S(=O)(=O)N(C)[C@H](C)CS)cc1. The lowest BCUT2D eigenvalue weighted by Crippen LogP contribution is -2.36. The summed E-state index contributed by atoms with van der Waals surface area (Å²) < 4.78 is 26.2. The zero-order chi connectivity index (χ0) is 15.2. The molecule has 0 saturated heterocycles. The third-order valence-electron chi connectivity index (χ3n) is 3.55. The maximum absolute atomic E-state index is 12.4. The topological polar surface area (TPSA) is 37.4 Å². The highest BCUT2D eigenvalue weighted by atomic mass is 32.2. The van der Waals surface area contributed by atoms with E-state index in [1.54, 1.807) is 19.2 Å². The van der Waals surface area contributed by atoms with Crippen LogP contribution in [-0.4, -0.2) is 31.6 Å². The van der Waals surface area contributed by atoms with Crippen molar-refractivity contribution in [2.24, 2.45) is 0 Å². The van der Waals surface area contributed by atoms with Crippen molar-refractivity contribution in [3.05, 3.63) is 29.8 Å². The van der Waals surface area contributed by atoms with Gasteiger partial charge in [-0.25, -0.2) is 8.42 Å². The molecule has 5 heteroatoms. The lowest BCUT2D eigenvalue weighted by molar-refractivity contribution is 0.415. The van der Waals surface area contributed by atoms with Gasteiger partial charge in [-0.2, -0.15) is 16.9 Å². The van der Waals surface area contributed by atoms with Crippen LogP contribution in [0, 0.1) is 0 Å². The number of rotatable bonds is 8. The predicted octanol–water partition coefficient (Wildman–Crippen LogP) is 3.36. The molecular formula is C15H25NO2S2. The Morgan fingerprint density at radius 3 is 2.30 bits per heavy atom. The first kappa shape index (κ1) is 17.5. The van der Waals surface area contributed by atoms with Gasteiger partial charge in [-0.15, -0.1) is 0 Å². The largest absolute Gasteiger partial charge is 0.243 e. The summed E-state index contributed by atoms with van der Waals surface area (Å²) in [6.45, 7) is 4.03. The van der Waals surface area contributed by atoms with Gasteiger partial charge in [-0.3, -0.25) is 0 Å². The molecule has 20 heavy (non-hydrogen) atoms. The molecule has 0 saturated carbocycles. The number of sulfonamides is 1. The fourth-order valence-corrected chi connectivity index (χ4v) is 3.64. The van der Waals surface area contributed by atoms with Gasteiger partial charge in [0.25, 0.3) is 0 Å². The van der Waals surface area contributed by atoms with Gasteiger partial charge in [0.15, 0.2) is 0 Å². The second-order valence-electron chi connectivity index (χ2n) is 5.15. The maximum Gasteiger partial charge on any atom is 0.243 e. The zero-order valence-electron chi connectivity index (χ0n) is 12.5. The molecule has 3 nitrogen and oxygen atoms in total. The Morgan fingerprint density at radius 1 is 1.20 bits per heavy atom. The Hall–Kier alpha value is -0.520. The fraction of sp³-hybridized carbons (Fsp3) is 0.600. The van der Waals surface area contributed by atoms with Crippen molar-refractivity contribution in [2.45, 2.75) is 50.5 Å². The second-order valence-corrected chi connectivity index (χ2v) is 7.52. The minimum Gasteiger partial charge on any atom is -0.207 e. The Balaban J connectivity index is 2.81. The van der Waals surface area contributed by atoms with E-state index in [0.717, 1.165) is 12.8 Å². The van der Waals surface area contributed by atoms with Crippen molar-refractivity contribution in [2.75, 3.05) is 12.8 Å². The van der Waals surface area contributed by atoms with E-state index in [4.69, 9.17) is 0 Å². The molecule has 0 fully saturated rings. The van der Waals surface area contributed by atoms with Gasteiger partial charge in [0.2, 0.25) is 10.0 Å².